The van der Waals surface area contributed by atoms with E-state index in [9.17, 15) is 4.79 Å². The molecule has 0 bridgehead atoms. The van der Waals surface area contributed by atoms with Crippen LogP contribution in [-0.4, -0.2) is 21.2 Å². The number of halogens is 1. The number of carbonyl (C=O) groups is 1. The molecule has 116 valence electrons. The van der Waals surface area contributed by atoms with Crippen molar-refractivity contribution in [3.8, 4) is 5.69 Å². The molecule has 3 heterocycles. The highest BCUT2D eigenvalue weighted by Crippen LogP contribution is 2.42. The smallest absolute Gasteiger partial charge is 0.235 e. The zero-order valence-corrected chi connectivity index (χ0v) is 14.3. The van der Waals surface area contributed by atoms with Crippen molar-refractivity contribution in [2.45, 2.75) is 5.25 Å². The number of thioether (sulfide) groups is 1. The van der Waals surface area contributed by atoms with E-state index in [1.807, 2.05) is 28.8 Å². The summed E-state index contributed by atoms with van der Waals surface area (Å²) in [6.45, 7) is 0. The number of nitrogens with one attached hydrogen (secondary N) is 1. The van der Waals surface area contributed by atoms with Crippen molar-refractivity contribution in [2.75, 3.05) is 11.1 Å². The summed E-state index contributed by atoms with van der Waals surface area (Å²) in [5.41, 5.74) is 3.15. The Hall–Kier alpha value is -1.76. The number of imidazole rings is 1. The van der Waals surface area contributed by atoms with Crippen LogP contribution in [0.4, 0.5) is 5.82 Å². The summed E-state index contributed by atoms with van der Waals surface area (Å²) >= 11 is 9.26. The number of nitrogens with zero attached hydrogens (tertiary/aromatic N) is 2. The second-order valence-electron chi connectivity index (χ2n) is 5.12. The Bertz CT molecular complexity index is 843. The van der Waals surface area contributed by atoms with E-state index >= 15 is 0 Å². The van der Waals surface area contributed by atoms with E-state index in [0.29, 0.717) is 16.6 Å². The largest absolute Gasteiger partial charge is 0.308 e. The molecule has 1 unspecified atom stereocenters. The van der Waals surface area contributed by atoms with Crippen molar-refractivity contribution in [3.05, 3.63) is 63.7 Å². The number of anilines is 1. The van der Waals surface area contributed by atoms with Crippen molar-refractivity contribution in [2.24, 2.45) is 0 Å². The van der Waals surface area contributed by atoms with Gasteiger partial charge in [-0.25, -0.2) is 4.98 Å². The Morgan fingerprint density at radius 2 is 2.09 bits per heavy atom. The minimum absolute atomic E-state index is 0.0182. The van der Waals surface area contributed by atoms with Crippen LogP contribution in [0, 0.1) is 0 Å². The molecule has 4 rings (SSSR count). The van der Waals surface area contributed by atoms with Crippen LogP contribution < -0.4 is 5.32 Å². The topological polar surface area (TPSA) is 46.9 Å². The molecule has 0 radical (unpaired) electrons. The van der Waals surface area contributed by atoms with Gasteiger partial charge >= 0.3 is 0 Å². The Morgan fingerprint density at radius 3 is 2.83 bits per heavy atom. The number of thiophene rings is 1. The molecule has 23 heavy (non-hydrogen) atoms. The third-order valence-corrected chi connectivity index (χ3v) is 5.85. The molecule has 1 N–H and O–H groups in total. The van der Waals surface area contributed by atoms with Gasteiger partial charge in [0.25, 0.3) is 0 Å². The van der Waals surface area contributed by atoms with Gasteiger partial charge in [0.15, 0.2) is 5.82 Å². The van der Waals surface area contributed by atoms with E-state index in [-0.39, 0.29) is 11.2 Å². The zero-order valence-electron chi connectivity index (χ0n) is 11.9. The lowest BCUT2D eigenvalue weighted by molar-refractivity contribution is -0.113. The van der Waals surface area contributed by atoms with Gasteiger partial charge in [-0.1, -0.05) is 11.6 Å². The zero-order chi connectivity index (χ0) is 15.8. The number of amides is 1. The van der Waals surface area contributed by atoms with E-state index in [2.05, 4.69) is 27.1 Å². The summed E-state index contributed by atoms with van der Waals surface area (Å²) in [7, 11) is 0. The van der Waals surface area contributed by atoms with Crippen molar-refractivity contribution in [3.63, 3.8) is 0 Å². The predicted molar refractivity (Wildman–Crippen MR) is 95.8 cm³/mol. The second-order valence-corrected chi connectivity index (χ2v) is 7.43. The second kappa shape index (κ2) is 6.03. The summed E-state index contributed by atoms with van der Waals surface area (Å²) in [6, 6.07) is 9.70. The van der Waals surface area contributed by atoms with Crippen molar-refractivity contribution < 1.29 is 4.79 Å². The highest BCUT2D eigenvalue weighted by molar-refractivity contribution is 8.00. The quantitative estimate of drug-likeness (QED) is 0.737. The third kappa shape index (κ3) is 2.78. The fraction of sp³-hybridized carbons (Fsp3) is 0.125. The molecule has 1 aliphatic rings. The average molecular weight is 362 g/mol. The fourth-order valence-electron chi connectivity index (χ4n) is 2.60. The van der Waals surface area contributed by atoms with Crippen LogP contribution >= 0.6 is 34.7 Å². The molecule has 0 fully saturated rings. The van der Waals surface area contributed by atoms with Crippen LogP contribution in [0.5, 0.6) is 0 Å². The summed E-state index contributed by atoms with van der Waals surface area (Å²) < 4.78 is 2.02. The van der Waals surface area contributed by atoms with E-state index < -0.39 is 0 Å². The van der Waals surface area contributed by atoms with Crippen molar-refractivity contribution in [1.82, 2.24) is 9.55 Å². The number of rotatable bonds is 2. The van der Waals surface area contributed by atoms with Crippen LogP contribution in [0.1, 0.15) is 16.5 Å². The first-order valence-corrected chi connectivity index (χ1v) is 9.36. The molecule has 0 saturated carbocycles. The Labute approximate surface area is 146 Å². The van der Waals surface area contributed by atoms with Crippen LogP contribution in [0.25, 0.3) is 5.69 Å². The average Bonchev–Trinajstić information content (AvgIpc) is 3.17. The van der Waals surface area contributed by atoms with Gasteiger partial charge in [0, 0.05) is 10.7 Å². The van der Waals surface area contributed by atoms with Gasteiger partial charge < -0.3 is 5.32 Å². The lowest BCUT2D eigenvalue weighted by Crippen LogP contribution is -2.12. The van der Waals surface area contributed by atoms with Gasteiger partial charge in [-0.2, -0.15) is 11.3 Å². The SMILES string of the molecule is O=C1CSC(c2ccsc2)c2c(ncn2-c2ccc(Cl)cc2)N1. The monoisotopic (exact) mass is 361 g/mol. The molecule has 7 heteroatoms. The standard InChI is InChI=1S/C16H12ClN3OS2/c17-11-1-3-12(4-2-11)20-9-18-16-14(20)15(10-5-6-22-7-10)23-8-13(21)19-16/h1-7,9,15H,8H2,(H,19,21). The maximum absolute atomic E-state index is 12.0. The van der Waals surface area contributed by atoms with Crippen LogP contribution in [0.2, 0.25) is 5.02 Å². The molecule has 1 amide bonds. The lowest BCUT2D eigenvalue weighted by atomic mass is 10.1. The maximum atomic E-state index is 12.0. The number of carbonyl (C=O) groups excluding carboxylic acids is 1. The number of benzene rings is 1. The van der Waals surface area contributed by atoms with E-state index in [0.717, 1.165) is 11.4 Å². The van der Waals surface area contributed by atoms with Gasteiger partial charge in [-0.3, -0.25) is 9.36 Å². The minimum Gasteiger partial charge on any atom is -0.308 e. The van der Waals surface area contributed by atoms with E-state index in [1.54, 1.807) is 29.4 Å². The molecular weight excluding hydrogens is 350 g/mol. The van der Waals surface area contributed by atoms with Gasteiger partial charge in [0.2, 0.25) is 5.91 Å². The molecule has 1 atom stereocenters. The molecule has 2 aromatic heterocycles. The molecular formula is C16H12ClN3OS2. The van der Waals surface area contributed by atoms with Crippen LogP contribution in [0.15, 0.2) is 47.4 Å². The van der Waals surface area contributed by atoms with Crippen molar-refractivity contribution in [1.29, 1.82) is 0 Å². The first-order chi connectivity index (χ1) is 11.2. The molecule has 1 aromatic carbocycles. The highest BCUT2D eigenvalue weighted by atomic mass is 35.5. The number of fused-ring (bicyclic) bond motifs is 1. The maximum Gasteiger partial charge on any atom is 0.235 e. The fourth-order valence-corrected chi connectivity index (χ4v) is 4.61. The lowest BCUT2D eigenvalue weighted by Gasteiger charge is -2.16. The first-order valence-electron chi connectivity index (χ1n) is 6.99. The Kier molecular flexibility index (Phi) is 3.88. The summed E-state index contributed by atoms with van der Waals surface area (Å²) in [5, 5.41) is 7.83. The normalized spacial score (nSPS) is 17.4. The van der Waals surface area contributed by atoms with Gasteiger partial charge in [-0.05, 0) is 46.7 Å². The molecule has 1 aliphatic heterocycles. The van der Waals surface area contributed by atoms with Gasteiger partial charge in [0.05, 0.1) is 16.7 Å². The number of aromatic nitrogens is 2. The first kappa shape index (κ1) is 14.8. The van der Waals surface area contributed by atoms with Crippen LogP contribution in [0.3, 0.4) is 0 Å². The summed E-state index contributed by atoms with van der Waals surface area (Å²) in [6.07, 6.45) is 1.75. The third-order valence-electron chi connectivity index (χ3n) is 3.64. The molecule has 4 nitrogen and oxygen atoms in total. The Balaban J connectivity index is 1.87. The summed E-state index contributed by atoms with van der Waals surface area (Å²) in [4.78, 5) is 16.4. The molecule has 3 aromatic rings. The molecule has 0 aliphatic carbocycles. The van der Waals surface area contributed by atoms with Crippen LogP contribution in [-0.2, 0) is 4.79 Å². The minimum atomic E-state index is -0.0182. The highest BCUT2D eigenvalue weighted by Gasteiger charge is 2.29. The predicted octanol–water partition coefficient (Wildman–Crippen LogP) is 4.36. The van der Waals surface area contributed by atoms with E-state index in [1.165, 1.54) is 5.56 Å². The van der Waals surface area contributed by atoms with Gasteiger partial charge in [-0.15, -0.1) is 11.8 Å². The molecule has 0 spiro atoms. The van der Waals surface area contributed by atoms with E-state index in [4.69, 9.17) is 11.6 Å². The Morgan fingerprint density at radius 1 is 1.26 bits per heavy atom. The van der Waals surface area contributed by atoms with Gasteiger partial charge in [0.1, 0.15) is 6.33 Å². The molecule has 0 saturated heterocycles. The number of hydrogen-bond donors (Lipinski definition) is 1. The number of hydrogen-bond acceptors (Lipinski definition) is 4. The van der Waals surface area contributed by atoms with Crippen molar-refractivity contribution >= 4 is 46.4 Å². The summed E-state index contributed by atoms with van der Waals surface area (Å²) in [5.74, 6) is 1.03.